The van der Waals surface area contributed by atoms with Gasteiger partial charge in [0.25, 0.3) is 0 Å². The molecule has 1 aliphatic heterocycles. The molecule has 0 aromatic carbocycles. The Hall–Kier alpha value is -1.72. The second-order valence-electron chi connectivity index (χ2n) is 4.39. The summed E-state index contributed by atoms with van der Waals surface area (Å²) in [7, 11) is 0. The van der Waals surface area contributed by atoms with Crippen LogP contribution >= 0.6 is 0 Å². The van der Waals surface area contributed by atoms with Crippen molar-refractivity contribution in [1.29, 1.82) is 0 Å². The van der Waals surface area contributed by atoms with E-state index in [4.69, 9.17) is 4.74 Å². The summed E-state index contributed by atoms with van der Waals surface area (Å²) in [6.07, 6.45) is 6.47. The zero-order chi connectivity index (χ0) is 12.2. The van der Waals surface area contributed by atoms with Crippen molar-refractivity contribution in [2.75, 3.05) is 19.7 Å². The maximum atomic E-state index is 5.66. The van der Waals surface area contributed by atoms with Crippen LogP contribution < -0.4 is 5.32 Å². The highest BCUT2D eigenvalue weighted by Gasteiger charge is 2.15. The Kier molecular flexibility index (Phi) is 3.34. The van der Waals surface area contributed by atoms with Crippen LogP contribution in [0.4, 0.5) is 0 Å². The van der Waals surface area contributed by atoms with Crippen molar-refractivity contribution in [3.8, 4) is 11.3 Å². The van der Waals surface area contributed by atoms with Crippen LogP contribution in [-0.2, 0) is 11.2 Å². The summed E-state index contributed by atoms with van der Waals surface area (Å²) in [6.45, 7) is 2.61. The van der Waals surface area contributed by atoms with Gasteiger partial charge in [-0.1, -0.05) is 0 Å². The van der Waals surface area contributed by atoms with Crippen molar-refractivity contribution in [2.24, 2.45) is 0 Å². The molecule has 1 saturated heterocycles. The van der Waals surface area contributed by atoms with Gasteiger partial charge >= 0.3 is 0 Å². The lowest BCUT2D eigenvalue weighted by atomic mass is 10.2. The average Bonchev–Trinajstić information content (AvgIpc) is 2.89. The molecule has 1 aliphatic rings. The van der Waals surface area contributed by atoms with Crippen LogP contribution in [0.2, 0.25) is 0 Å². The van der Waals surface area contributed by atoms with E-state index in [-0.39, 0.29) is 6.10 Å². The maximum absolute atomic E-state index is 5.66. The number of hydrogen-bond donors (Lipinski definition) is 2. The lowest BCUT2D eigenvalue weighted by Crippen LogP contribution is -2.39. The van der Waals surface area contributed by atoms with Gasteiger partial charge in [0.15, 0.2) is 0 Å². The third-order valence-electron chi connectivity index (χ3n) is 3.03. The van der Waals surface area contributed by atoms with Crippen LogP contribution in [0, 0.1) is 0 Å². The molecular weight excluding hydrogens is 228 g/mol. The first-order chi connectivity index (χ1) is 8.92. The summed E-state index contributed by atoms with van der Waals surface area (Å²) in [5.41, 5.74) is 2.06. The minimum Gasteiger partial charge on any atom is -0.375 e. The molecule has 5 heteroatoms. The highest BCUT2D eigenvalue weighted by molar-refractivity contribution is 5.56. The molecule has 18 heavy (non-hydrogen) atoms. The Bertz CT molecular complexity index is 491. The Labute approximate surface area is 106 Å². The summed E-state index contributed by atoms with van der Waals surface area (Å²) in [4.78, 5) is 11.8. The molecule has 94 valence electrons. The number of hydrogen-bond acceptors (Lipinski definition) is 4. The van der Waals surface area contributed by atoms with Gasteiger partial charge in [0.1, 0.15) is 5.82 Å². The molecule has 0 radical (unpaired) electrons. The fourth-order valence-corrected chi connectivity index (χ4v) is 2.10. The number of nitrogens with zero attached hydrogens (tertiary/aromatic N) is 2. The number of pyridine rings is 1. The first-order valence-corrected chi connectivity index (χ1v) is 6.18. The lowest BCUT2D eigenvalue weighted by Gasteiger charge is -2.22. The van der Waals surface area contributed by atoms with Crippen LogP contribution in [0.3, 0.4) is 0 Å². The van der Waals surface area contributed by atoms with E-state index in [1.165, 1.54) is 0 Å². The largest absolute Gasteiger partial charge is 0.375 e. The highest BCUT2D eigenvalue weighted by Crippen LogP contribution is 2.16. The number of imidazole rings is 1. The van der Waals surface area contributed by atoms with Crippen molar-refractivity contribution < 1.29 is 4.74 Å². The fraction of sp³-hybridized carbons (Fsp3) is 0.385. The number of nitrogens with one attached hydrogen (secondary N) is 2. The molecule has 0 aliphatic carbocycles. The van der Waals surface area contributed by atoms with Crippen LogP contribution in [0.1, 0.15) is 5.82 Å². The Morgan fingerprint density at radius 2 is 2.39 bits per heavy atom. The summed E-state index contributed by atoms with van der Waals surface area (Å²) >= 11 is 0. The molecule has 0 bridgehead atoms. The van der Waals surface area contributed by atoms with E-state index in [1.807, 2.05) is 24.5 Å². The predicted molar refractivity (Wildman–Crippen MR) is 68.1 cm³/mol. The van der Waals surface area contributed by atoms with Gasteiger partial charge < -0.3 is 15.0 Å². The lowest BCUT2D eigenvalue weighted by molar-refractivity contribution is 0.0281. The van der Waals surface area contributed by atoms with Gasteiger partial charge in [-0.2, -0.15) is 0 Å². The van der Waals surface area contributed by atoms with Crippen LogP contribution in [-0.4, -0.2) is 40.8 Å². The number of rotatable bonds is 3. The van der Waals surface area contributed by atoms with Crippen molar-refractivity contribution in [3.05, 3.63) is 36.5 Å². The molecule has 0 amide bonds. The van der Waals surface area contributed by atoms with E-state index in [0.29, 0.717) is 0 Å². The summed E-state index contributed by atoms with van der Waals surface area (Å²) in [6, 6.07) is 3.94. The predicted octanol–water partition coefficient (Wildman–Crippen LogP) is 1.00. The molecule has 0 saturated carbocycles. The number of aromatic nitrogens is 3. The zero-order valence-electron chi connectivity index (χ0n) is 10.1. The van der Waals surface area contributed by atoms with E-state index >= 15 is 0 Å². The summed E-state index contributed by atoms with van der Waals surface area (Å²) in [5, 5.41) is 3.32. The molecule has 0 spiro atoms. The molecule has 2 aromatic heterocycles. The number of H-pyrrole nitrogens is 1. The normalized spacial score (nSPS) is 19.9. The molecule has 2 N–H and O–H groups in total. The first-order valence-electron chi connectivity index (χ1n) is 6.18. The second kappa shape index (κ2) is 5.29. The molecule has 3 rings (SSSR count). The third-order valence-corrected chi connectivity index (χ3v) is 3.03. The van der Waals surface area contributed by atoms with Crippen molar-refractivity contribution >= 4 is 0 Å². The molecule has 1 atom stereocenters. The molecule has 1 fully saturated rings. The molecule has 3 heterocycles. The van der Waals surface area contributed by atoms with Crippen molar-refractivity contribution in [3.63, 3.8) is 0 Å². The van der Waals surface area contributed by atoms with Crippen LogP contribution in [0.15, 0.2) is 30.7 Å². The fourth-order valence-electron chi connectivity index (χ4n) is 2.10. The first kappa shape index (κ1) is 11.4. The smallest absolute Gasteiger partial charge is 0.109 e. The Morgan fingerprint density at radius 1 is 1.39 bits per heavy atom. The number of morpholine rings is 1. The van der Waals surface area contributed by atoms with Gasteiger partial charge in [0.2, 0.25) is 0 Å². The summed E-state index contributed by atoms with van der Waals surface area (Å²) in [5.74, 6) is 0.961. The summed E-state index contributed by atoms with van der Waals surface area (Å²) < 4.78 is 5.66. The van der Waals surface area contributed by atoms with E-state index < -0.39 is 0 Å². The van der Waals surface area contributed by atoms with E-state index in [0.717, 1.165) is 43.2 Å². The van der Waals surface area contributed by atoms with Crippen molar-refractivity contribution in [1.82, 2.24) is 20.3 Å². The Morgan fingerprint density at radius 3 is 3.17 bits per heavy atom. The van der Waals surface area contributed by atoms with Gasteiger partial charge in [-0.3, -0.25) is 4.98 Å². The van der Waals surface area contributed by atoms with Gasteiger partial charge in [-0.25, -0.2) is 4.98 Å². The SMILES string of the molecule is c1cncc(-c2cnc(CC3CNCCO3)[nH]2)c1. The van der Waals surface area contributed by atoms with E-state index in [9.17, 15) is 0 Å². The van der Waals surface area contributed by atoms with Crippen LogP contribution in [0.25, 0.3) is 11.3 Å². The monoisotopic (exact) mass is 244 g/mol. The zero-order valence-corrected chi connectivity index (χ0v) is 10.1. The van der Waals surface area contributed by atoms with Crippen LogP contribution in [0.5, 0.6) is 0 Å². The van der Waals surface area contributed by atoms with E-state index in [1.54, 1.807) is 6.20 Å². The van der Waals surface area contributed by atoms with Gasteiger partial charge in [-0.15, -0.1) is 0 Å². The quantitative estimate of drug-likeness (QED) is 0.845. The van der Waals surface area contributed by atoms with Gasteiger partial charge in [0, 0.05) is 37.5 Å². The van der Waals surface area contributed by atoms with Gasteiger partial charge in [0.05, 0.1) is 24.6 Å². The second-order valence-corrected chi connectivity index (χ2v) is 4.39. The number of ether oxygens (including phenoxy) is 1. The number of aromatic amines is 1. The third kappa shape index (κ3) is 2.57. The molecule has 1 unspecified atom stereocenters. The molecule has 2 aromatic rings. The average molecular weight is 244 g/mol. The highest BCUT2D eigenvalue weighted by atomic mass is 16.5. The molecular formula is C13H16N4O. The Balaban J connectivity index is 1.69. The van der Waals surface area contributed by atoms with Crippen molar-refractivity contribution in [2.45, 2.75) is 12.5 Å². The standard InChI is InChI=1S/C13H16N4O/c1-2-10(7-14-3-1)12-9-16-13(17-12)6-11-8-15-4-5-18-11/h1-3,7,9,11,15H,4-6,8H2,(H,16,17). The van der Waals surface area contributed by atoms with Gasteiger partial charge in [-0.05, 0) is 12.1 Å². The maximum Gasteiger partial charge on any atom is 0.109 e. The van der Waals surface area contributed by atoms with E-state index in [2.05, 4.69) is 20.3 Å². The minimum atomic E-state index is 0.214. The minimum absolute atomic E-state index is 0.214. The topological polar surface area (TPSA) is 62.8 Å². The molecule has 5 nitrogen and oxygen atoms in total.